The Morgan fingerprint density at radius 2 is 1.94 bits per heavy atom. The minimum Gasteiger partial charge on any atom is -0.309 e. The van der Waals surface area contributed by atoms with Crippen molar-refractivity contribution in [2.45, 2.75) is 57.9 Å². The fourth-order valence-electron chi connectivity index (χ4n) is 3.24. The molecule has 16 heavy (non-hydrogen) atoms. The molecular formula is C14H28N2. The first-order valence-corrected chi connectivity index (χ1v) is 7.18. The minimum absolute atomic E-state index is 0.494. The van der Waals surface area contributed by atoms with Crippen LogP contribution in [0, 0.1) is 5.92 Å². The summed E-state index contributed by atoms with van der Waals surface area (Å²) in [5.74, 6) is 0.845. The van der Waals surface area contributed by atoms with E-state index in [1.807, 2.05) is 0 Å². The molecule has 1 spiro atoms. The van der Waals surface area contributed by atoms with Gasteiger partial charge >= 0.3 is 0 Å². The van der Waals surface area contributed by atoms with Crippen LogP contribution in [-0.2, 0) is 0 Å². The van der Waals surface area contributed by atoms with Crippen LogP contribution >= 0.6 is 0 Å². The number of hydrogen-bond donors (Lipinski definition) is 1. The Bertz CT molecular complexity index is 201. The molecule has 0 radical (unpaired) electrons. The fraction of sp³-hybridized carbons (Fsp3) is 1.00. The van der Waals surface area contributed by atoms with Crippen molar-refractivity contribution in [2.75, 3.05) is 26.2 Å². The summed E-state index contributed by atoms with van der Waals surface area (Å²) in [4.78, 5) is 2.70. The second-order valence-electron chi connectivity index (χ2n) is 6.23. The molecule has 1 heterocycles. The van der Waals surface area contributed by atoms with Gasteiger partial charge in [0, 0.05) is 25.2 Å². The van der Waals surface area contributed by atoms with Gasteiger partial charge in [-0.3, -0.25) is 0 Å². The molecule has 0 atom stereocenters. The zero-order chi connectivity index (χ0) is 11.4. The van der Waals surface area contributed by atoms with Gasteiger partial charge in [-0.05, 0) is 31.7 Å². The van der Waals surface area contributed by atoms with Gasteiger partial charge in [0.25, 0.3) is 0 Å². The number of nitrogens with zero attached hydrogens (tertiary/aromatic N) is 1. The van der Waals surface area contributed by atoms with Crippen molar-refractivity contribution in [3.05, 3.63) is 0 Å². The molecule has 0 aromatic heterocycles. The summed E-state index contributed by atoms with van der Waals surface area (Å²) in [6.45, 7) is 9.74. The fourth-order valence-corrected chi connectivity index (χ4v) is 3.24. The summed E-state index contributed by atoms with van der Waals surface area (Å²) < 4.78 is 0. The van der Waals surface area contributed by atoms with E-state index in [2.05, 4.69) is 24.1 Å². The summed E-state index contributed by atoms with van der Waals surface area (Å²) in [7, 11) is 0. The summed E-state index contributed by atoms with van der Waals surface area (Å²) in [6.07, 6.45) is 8.50. The van der Waals surface area contributed by atoms with Crippen molar-refractivity contribution in [1.29, 1.82) is 0 Å². The Morgan fingerprint density at radius 1 is 1.19 bits per heavy atom. The van der Waals surface area contributed by atoms with Gasteiger partial charge < -0.3 is 10.2 Å². The molecule has 2 nitrogen and oxygen atoms in total. The molecule has 94 valence electrons. The highest BCUT2D eigenvalue weighted by Crippen LogP contribution is 2.30. The molecule has 2 fully saturated rings. The van der Waals surface area contributed by atoms with Crippen LogP contribution in [0.15, 0.2) is 0 Å². The van der Waals surface area contributed by atoms with E-state index in [1.54, 1.807) is 0 Å². The van der Waals surface area contributed by atoms with E-state index in [9.17, 15) is 0 Å². The first-order valence-electron chi connectivity index (χ1n) is 7.18. The topological polar surface area (TPSA) is 15.3 Å². The predicted molar refractivity (Wildman–Crippen MR) is 69.7 cm³/mol. The maximum absolute atomic E-state index is 3.81. The summed E-state index contributed by atoms with van der Waals surface area (Å²) in [6, 6.07) is 0. The minimum atomic E-state index is 0.494. The van der Waals surface area contributed by atoms with Crippen LogP contribution in [0.1, 0.15) is 52.4 Å². The highest BCUT2D eigenvalue weighted by atomic mass is 15.2. The molecule has 1 saturated carbocycles. The Kier molecular flexibility index (Phi) is 4.26. The van der Waals surface area contributed by atoms with Gasteiger partial charge in [-0.15, -0.1) is 0 Å². The molecular weight excluding hydrogens is 196 g/mol. The molecule has 2 aliphatic rings. The van der Waals surface area contributed by atoms with E-state index in [0.29, 0.717) is 5.54 Å². The summed E-state index contributed by atoms with van der Waals surface area (Å²) >= 11 is 0. The summed E-state index contributed by atoms with van der Waals surface area (Å²) in [5, 5.41) is 3.81. The third-order valence-electron chi connectivity index (χ3n) is 4.29. The number of rotatable bonds is 3. The number of nitrogens with one attached hydrogen (secondary N) is 1. The smallest absolute Gasteiger partial charge is 0.0309 e. The van der Waals surface area contributed by atoms with E-state index >= 15 is 0 Å². The van der Waals surface area contributed by atoms with Crippen LogP contribution < -0.4 is 5.32 Å². The third kappa shape index (κ3) is 3.21. The van der Waals surface area contributed by atoms with Crippen molar-refractivity contribution in [1.82, 2.24) is 10.2 Å². The lowest BCUT2D eigenvalue weighted by molar-refractivity contribution is 0.0960. The molecule has 1 N–H and O–H groups in total. The molecule has 2 rings (SSSR count). The SMILES string of the molecule is CC(C)CCN1CCNC2(CCCCC2)C1. The Labute approximate surface area is 101 Å². The van der Waals surface area contributed by atoms with E-state index in [-0.39, 0.29) is 0 Å². The van der Waals surface area contributed by atoms with Gasteiger partial charge in [0.15, 0.2) is 0 Å². The van der Waals surface area contributed by atoms with Crippen molar-refractivity contribution < 1.29 is 0 Å². The lowest BCUT2D eigenvalue weighted by Gasteiger charge is -2.46. The van der Waals surface area contributed by atoms with Crippen molar-refractivity contribution in [3.63, 3.8) is 0 Å². The lowest BCUT2D eigenvalue weighted by Crippen LogP contribution is -2.61. The van der Waals surface area contributed by atoms with Crippen LogP contribution in [0.3, 0.4) is 0 Å². The molecule has 0 unspecified atom stereocenters. The largest absolute Gasteiger partial charge is 0.309 e. The van der Waals surface area contributed by atoms with Crippen molar-refractivity contribution in [2.24, 2.45) is 5.92 Å². The number of hydrogen-bond acceptors (Lipinski definition) is 2. The normalized spacial score (nSPS) is 26.4. The zero-order valence-electron chi connectivity index (χ0n) is 11.1. The average Bonchev–Trinajstić information content (AvgIpc) is 2.28. The first-order chi connectivity index (χ1) is 7.70. The van der Waals surface area contributed by atoms with Gasteiger partial charge in [-0.2, -0.15) is 0 Å². The Hall–Kier alpha value is -0.0800. The molecule has 1 saturated heterocycles. The number of piperazine rings is 1. The molecule has 1 aliphatic carbocycles. The average molecular weight is 224 g/mol. The van der Waals surface area contributed by atoms with Crippen LogP contribution in [0.5, 0.6) is 0 Å². The van der Waals surface area contributed by atoms with Crippen LogP contribution in [-0.4, -0.2) is 36.6 Å². The van der Waals surface area contributed by atoms with Crippen molar-refractivity contribution >= 4 is 0 Å². The third-order valence-corrected chi connectivity index (χ3v) is 4.29. The lowest BCUT2D eigenvalue weighted by atomic mass is 9.80. The molecule has 2 heteroatoms. The van der Waals surface area contributed by atoms with E-state index in [0.717, 1.165) is 5.92 Å². The van der Waals surface area contributed by atoms with E-state index < -0.39 is 0 Å². The maximum Gasteiger partial charge on any atom is 0.0309 e. The van der Waals surface area contributed by atoms with Gasteiger partial charge in [-0.25, -0.2) is 0 Å². The second kappa shape index (κ2) is 5.50. The standard InChI is InChI=1S/C14H28N2/c1-13(2)6-10-16-11-9-15-14(12-16)7-4-3-5-8-14/h13,15H,3-12H2,1-2H3. The predicted octanol–water partition coefficient (Wildman–Crippen LogP) is 2.64. The maximum atomic E-state index is 3.81. The Balaban J connectivity index is 1.83. The second-order valence-corrected chi connectivity index (χ2v) is 6.23. The highest BCUT2D eigenvalue weighted by molar-refractivity contribution is 4.96. The molecule has 0 bridgehead atoms. The van der Waals surface area contributed by atoms with Gasteiger partial charge in [0.05, 0.1) is 0 Å². The van der Waals surface area contributed by atoms with Crippen LogP contribution in [0.2, 0.25) is 0 Å². The van der Waals surface area contributed by atoms with Gasteiger partial charge in [0.2, 0.25) is 0 Å². The van der Waals surface area contributed by atoms with E-state index in [1.165, 1.54) is 64.7 Å². The zero-order valence-corrected chi connectivity index (χ0v) is 11.1. The molecule has 1 aliphatic heterocycles. The van der Waals surface area contributed by atoms with Gasteiger partial charge in [-0.1, -0.05) is 33.1 Å². The van der Waals surface area contributed by atoms with E-state index in [4.69, 9.17) is 0 Å². The van der Waals surface area contributed by atoms with Crippen molar-refractivity contribution in [3.8, 4) is 0 Å². The molecule has 0 aromatic carbocycles. The molecule has 0 amide bonds. The quantitative estimate of drug-likeness (QED) is 0.793. The summed E-state index contributed by atoms with van der Waals surface area (Å²) in [5.41, 5.74) is 0.494. The van der Waals surface area contributed by atoms with Crippen LogP contribution in [0.25, 0.3) is 0 Å². The van der Waals surface area contributed by atoms with Gasteiger partial charge in [0.1, 0.15) is 0 Å². The molecule has 0 aromatic rings. The van der Waals surface area contributed by atoms with Crippen LogP contribution in [0.4, 0.5) is 0 Å². The first kappa shape index (κ1) is 12.4. The Morgan fingerprint density at radius 3 is 2.62 bits per heavy atom. The highest BCUT2D eigenvalue weighted by Gasteiger charge is 2.35. The monoisotopic (exact) mass is 224 g/mol.